The molecule has 2 aromatic heterocycles. The number of carbonyl (C=O) groups is 1. The first kappa shape index (κ1) is 16.2. The summed E-state index contributed by atoms with van der Waals surface area (Å²) in [5, 5.41) is 9.58. The van der Waals surface area contributed by atoms with E-state index in [4.69, 9.17) is 0 Å². The molecule has 6 N–H and O–H groups in total. The molecule has 0 amide bonds. The van der Waals surface area contributed by atoms with E-state index in [1.807, 2.05) is 4.90 Å². The number of rotatable bonds is 10. The van der Waals surface area contributed by atoms with E-state index in [1.165, 1.54) is 0 Å². The highest BCUT2D eigenvalue weighted by atomic mass is 16.4. The van der Waals surface area contributed by atoms with Gasteiger partial charge in [-0.05, 0) is 19.3 Å². The monoisotopic (exact) mass is 307 g/mol. The van der Waals surface area contributed by atoms with E-state index in [2.05, 4.69) is 25.7 Å². The van der Waals surface area contributed by atoms with Gasteiger partial charge in [-0.15, -0.1) is 0 Å². The second-order valence-corrected chi connectivity index (χ2v) is 5.18. The molecule has 0 spiro atoms. The standard InChI is InChI=1S/C14H22N6O2/c15-4-2-1-3-11(14(21)22)20(9-12-16-5-6-17-12)10-13-18-7-8-19-13/h5-8,11H,1-4,9-10,15H2,(H,16,17)(H,18,19)(H,21,22)/p+1. The van der Waals surface area contributed by atoms with Crippen LogP contribution in [0.25, 0.3) is 0 Å². The first-order valence-corrected chi connectivity index (χ1v) is 7.43. The molecule has 0 fully saturated rings. The minimum atomic E-state index is -0.817. The van der Waals surface area contributed by atoms with Crippen LogP contribution in [-0.4, -0.2) is 48.5 Å². The molecule has 120 valence electrons. The summed E-state index contributed by atoms with van der Waals surface area (Å²) in [5.41, 5.74) is 3.80. The third-order valence-corrected chi connectivity index (χ3v) is 3.52. The fourth-order valence-electron chi connectivity index (χ4n) is 2.41. The van der Waals surface area contributed by atoms with Crippen molar-refractivity contribution in [2.75, 3.05) is 6.54 Å². The molecule has 2 aromatic rings. The minimum absolute atomic E-state index is 0.440. The molecule has 0 aliphatic heterocycles. The van der Waals surface area contributed by atoms with E-state index >= 15 is 0 Å². The molecule has 0 radical (unpaired) electrons. The summed E-state index contributed by atoms with van der Waals surface area (Å²) < 4.78 is 0. The quantitative estimate of drug-likeness (QED) is 0.460. The summed E-state index contributed by atoms with van der Waals surface area (Å²) in [4.78, 5) is 28.0. The van der Waals surface area contributed by atoms with Crippen molar-refractivity contribution >= 4 is 5.97 Å². The number of quaternary nitrogens is 1. The number of unbranched alkanes of at least 4 members (excludes halogenated alkanes) is 1. The smallest absolute Gasteiger partial charge is 0.320 e. The molecule has 1 unspecified atom stereocenters. The number of hydrogen-bond donors (Lipinski definition) is 4. The Bertz CT molecular complexity index is 503. The van der Waals surface area contributed by atoms with Crippen LogP contribution >= 0.6 is 0 Å². The summed E-state index contributed by atoms with van der Waals surface area (Å²) >= 11 is 0. The molecule has 0 saturated carbocycles. The highest BCUT2D eigenvalue weighted by Crippen LogP contribution is 2.15. The van der Waals surface area contributed by atoms with Crippen molar-refractivity contribution in [1.82, 2.24) is 24.8 Å². The van der Waals surface area contributed by atoms with Crippen LogP contribution in [0.1, 0.15) is 30.9 Å². The Morgan fingerprint density at radius 2 is 1.77 bits per heavy atom. The summed E-state index contributed by atoms with van der Waals surface area (Å²) in [5.74, 6) is 0.673. The highest BCUT2D eigenvalue weighted by Gasteiger charge is 2.26. The van der Waals surface area contributed by atoms with Crippen molar-refractivity contribution in [1.29, 1.82) is 0 Å². The van der Waals surface area contributed by atoms with Gasteiger partial charge in [-0.1, -0.05) is 0 Å². The molecule has 8 heteroatoms. The van der Waals surface area contributed by atoms with Gasteiger partial charge in [-0.3, -0.25) is 9.69 Å². The van der Waals surface area contributed by atoms with Crippen LogP contribution in [0.3, 0.4) is 0 Å². The third kappa shape index (κ3) is 4.68. The zero-order chi connectivity index (χ0) is 15.8. The van der Waals surface area contributed by atoms with Crippen LogP contribution in [0.15, 0.2) is 24.8 Å². The van der Waals surface area contributed by atoms with E-state index in [9.17, 15) is 9.90 Å². The van der Waals surface area contributed by atoms with Crippen molar-refractivity contribution in [3.8, 4) is 0 Å². The average Bonchev–Trinajstić information content (AvgIpc) is 3.16. The molecule has 0 aliphatic rings. The van der Waals surface area contributed by atoms with Gasteiger partial charge in [0.25, 0.3) is 0 Å². The van der Waals surface area contributed by atoms with Gasteiger partial charge in [-0.2, -0.15) is 0 Å². The highest BCUT2D eigenvalue weighted by molar-refractivity contribution is 5.73. The number of imidazole rings is 2. The average molecular weight is 307 g/mol. The van der Waals surface area contributed by atoms with Crippen molar-refractivity contribution in [2.24, 2.45) is 0 Å². The molecule has 0 aromatic carbocycles. The van der Waals surface area contributed by atoms with Crippen LogP contribution in [-0.2, 0) is 17.9 Å². The summed E-state index contributed by atoms with van der Waals surface area (Å²) in [7, 11) is 0. The zero-order valence-electron chi connectivity index (χ0n) is 12.5. The molecule has 1 atom stereocenters. The van der Waals surface area contributed by atoms with Crippen LogP contribution in [0.2, 0.25) is 0 Å². The van der Waals surface area contributed by atoms with Crippen LogP contribution in [0, 0.1) is 0 Å². The topological polar surface area (TPSA) is 126 Å². The lowest BCUT2D eigenvalue weighted by Crippen LogP contribution is -2.50. The van der Waals surface area contributed by atoms with E-state index in [0.29, 0.717) is 19.5 Å². The Morgan fingerprint density at radius 3 is 2.18 bits per heavy atom. The number of H-pyrrole nitrogens is 2. The number of aromatic amines is 2. The third-order valence-electron chi connectivity index (χ3n) is 3.52. The lowest BCUT2D eigenvalue weighted by molar-refractivity contribution is -0.368. The maximum absolute atomic E-state index is 11.7. The SMILES string of the molecule is [NH3+]CCCCC(C(=O)O)N(Cc1ncc[nH]1)Cc1ncc[nH]1. The van der Waals surface area contributed by atoms with Gasteiger partial charge in [0.2, 0.25) is 0 Å². The lowest BCUT2D eigenvalue weighted by Gasteiger charge is -2.27. The van der Waals surface area contributed by atoms with E-state index in [0.717, 1.165) is 31.0 Å². The molecular formula is C14H23N6O2+. The van der Waals surface area contributed by atoms with Crippen molar-refractivity contribution in [3.05, 3.63) is 36.4 Å². The lowest BCUT2D eigenvalue weighted by atomic mass is 10.1. The number of hydrogen-bond acceptors (Lipinski definition) is 4. The number of nitrogens with one attached hydrogen (secondary N) is 2. The Labute approximate surface area is 128 Å². The first-order valence-electron chi connectivity index (χ1n) is 7.43. The number of carboxylic acids is 1. The molecule has 0 saturated heterocycles. The van der Waals surface area contributed by atoms with Gasteiger partial charge in [-0.25, -0.2) is 9.97 Å². The first-order chi connectivity index (χ1) is 10.7. The Hall–Kier alpha value is -2.19. The summed E-state index contributed by atoms with van der Waals surface area (Å²) in [6, 6.07) is -0.568. The fraction of sp³-hybridized carbons (Fsp3) is 0.500. The summed E-state index contributed by atoms with van der Waals surface area (Å²) in [6.07, 6.45) is 9.16. The van der Waals surface area contributed by atoms with E-state index < -0.39 is 12.0 Å². The molecule has 2 heterocycles. The molecular weight excluding hydrogens is 284 g/mol. The zero-order valence-corrected chi connectivity index (χ0v) is 12.5. The Balaban J connectivity index is 2.10. The Morgan fingerprint density at radius 1 is 1.18 bits per heavy atom. The second-order valence-electron chi connectivity index (χ2n) is 5.18. The molecule has 0 aliphatic carbocycles. The van der Waals surface area contributed by atoms with Crippen molar-refractivity contribution in [2.45, 2.75) is 38.4 Å². The van der Waals surface area contributed by atoms with Gasteiger partial charge in [0, 0.05) is 24.8 Å². The maximum atomic E-state index is 11.7. The number of aliphatic carboxylic acids is 1. The number of nitrogens with zero attached hydrogens (tertiary/aromatic N) is 3. The molecule has 22 heavy (non-hydrogen) atoms. The van der Waals surface area contributed by atoms with Crippen LogP contribution in [0.4, 0.5) is 0 Å². The number of aromatic nitrogens is 4. The maximum Gasteiger partial charge on any atom is 0.320 e. The van der Waals surface area contributed by atoms with Crippen molar-refractivity contribution in [3.63, 3.8) is 0 Å². The van der Waals surface area contributed by atoms with Gasteiger partial charge in [0.05, 0.1) is 19.6 Å². The van der Waals surface area contributed by atoms with Crippen LogP contribution < -0.4 is 5.73 Å². The Kier molecular flexibility index (Phi) is 6.11. The van der Waals surface area contributed by atoms with Crippen LogP contribution in [0.5, 0.6) is 0 Å². The second kappa shape index (κ2) is 8.30. The van der Waals surface area contributed by atoms with Gasteiger partial charge < -0.3 is 20.8 Å². The molecule has 2 rings (SSSR count). The van der Waals surface area contributed by atoms with E-state index in [1.54, 1.807) is 24.8 Å². The minimum Gasteiger partial charge on any atom is -0.480 e. The van der Waals surface area contributed by atoms with Crippen molar-refractivity contribution < 1.29 is 15.6 Å². The van der Waals surface area contributed by atoms with Gasteiger partial charge in [0.15, 0.2) is 0 Å². The molecule has 8 nitrogen and oxygen atoms in total. The van der Waals surface area contributed by atoms with Gasteiger partial charge in [0.1, 0.15) is 17.7 Å². The predicted molar refractivity (Wildman–Crippen MR) is 79.5 cm³/mol. The number of carboxylic acid groups (broad SMARTS) is 1. The fourth-order valence-corrected chi connectivity index (χ4v) is 2.41. The predicted octanol–water partition coefficient (Wildman–Crippen LogP) is 0.000400. The normalized spacial score (nSPS) is 12.6. The summed E-state index contributed by atoms with van der Waals surface area (Å²) in [6.45, 7) is 1.70. The van der Waals surface area contributed by atoms with E-state index in [-0.39, 0.29) is 0 Å². The largest absolute Gasteiger partial charge is 0.480 e. The van der Waals surface area contributed by atoms with Gasteiger partial charge >= 0.3 is 5.97 Å². The molecule has 0 bridgehead atoms.